The van der Waals surface area contributed by atoms with Crippen LogP contribution in [0.5, 0.6) is 0 Å². The van der Waals surface area contributed by atoms with Crippen molar-refractivity contribution >= 4 is 92.8 Å². The van der Waals surface area contributed by atoms with Gasteiger partial charge in [0.15, 0.2) is 0 Å². The molecule has 0 unspecified atom stereocenters. The van der Waals surface area contributed by atoms with Crippen LogP contribution < -0.4 is 0 Å². The van der Waals surface area contributed by atoms with Crippen LogP contribution in [0, 0.1) is 0 Å². The molecule has 0 amide bonds. The molecule has 2 rings (SSSR count). The summed E-state index contributed by atoms with van der Waals surface area (Å²) in [5.41, 5.74) is 0.799. The Balaban J connectivity index is 2.87. The highest BCUT2D eigenvalue weighted by Gasteiger charge is 2.22. The zero-order valence-corrected chi connectivity index (χ0v) is 15.2. The largest absolute Gasteiger partial charge is 0.0836 e. The van der Waals surface area contributed by atoms with Gasteiger partial charge in [0, 0.05) is 11.1 Å². The average molecular weight is 430 g/mol. The second-order valence-electron chi connectivity index (χ2n) is 3.69. The third-order valence-corrected chi connectivity index (χ3v) is 5.80. The van der Waals surface area contributed by atoms with E-state index in [0.29, 0.717) is 26.2 Å². The highest BCUT2D eigenvalue weighted by atomic mass is 35.5. The second kappa shape index (κ2) is 6.48. The van der Waals surface area contributed by atoms with Crippen molar-refractivity contribution in [3.8, 4) is 11.1 Å². The van der Waals surface area contributed by atoms with E-state index in [1.165, 1.54) is 12.1 Å². The lowest BCUT2D eigenvalue weighted by Crippen LogP contribution is -1.88. The Morgan fingerprint density at radius 3 is 1.35 bits per heavy atom. The van der Waals surface area contributed by atoms with E-state index in [-0.39, 0.29) is 25.1 Å². The van der Waals surface area contributed by atoms with Gasteiger partial charge in [-0.1, -0.05) is 92.8 Å². The third kappa shape index (κ3) is 2.95. The summed E-state index contributed by atoms with van der Waals surface area (Å²) in [6.07, 6.45) is 0. The molecule has 106 valence electrons. The Morgan fingerprint density at radius 2 is 0.850 bits per heavy atom. The molecule has 0 radical (unpaired) electrons. The fourth-order valence-corrected chi connectivity index (χ4v) is 3.54. The van der Waals surface area contributed by atoms with E-state index in [0.717, 1.165) is 0 Å². The molecule has 0 heterocycles. The van der Waals surface area contributed by atoms with Crippen molar-refractivity contribution in [3.63, 3.8) is 0 Å². The first-order valence-electron chi connectivity index (χ1n) is 4.92. The normalized spacial score (nSPS) is 11.0. The zero-order valence-electron chi connectivity index (χ0n) is 9.18. The van der Waals surface area contributed by atoms with E-state index < -0.39 is 0 Å². The summed E-state index contributed by atoms with van der Waals surface area (Å²) in [5, 5.41) is 1.40. The molecule has 0 bridgehead atoms. The molecule has 0 atom stereocenters. The summed E-state index contributed by atoms with van der Waals surface area (Å²) >= 11 is 48.4. The predicted molar refractivity (Wildman–Crippen MR) is 92.0 cm³/mol. The fourth-order valence-electron chi connectivity index (χ4n) is 1.56. The summed E-state index contributed by atoms with van der Waals surface area (Å²) in [6, 6.07) is 3.00. The van der Waals surface area contributed by atoms with Crippen molar-refractivity contribution in [2.24, 2.45) is 0 Å². The van der Waals surface area contributed by atoms with E-state index in [4.69, 9.17) is 92.8 Å². The maximum atomic E-state index is 6.18. The van der Waals surface area contributed by atoms with Crippen molar-refractivity contribution in [1.29, 1.82) is 0 Å². The van der Waals surface area contributed by atoms with Gasteiger partial charge in [-0.25, -0.2) is 0 Å². The minimum Gasteiger partial charge on any atom is -0.0836 e. The lowest BCUT2D eigenvalue weighted by molar-refractivity contribution is 1.61. The number of hydrogen-bond donors (Lipinski definition) is 0. The van der Waals surface area contributed by atoms with Gasteiger partial charge in [0.05, 0.1) is 40.2 Å². The van der Waals surface area contributed by atoms with Crippen LogP contribution in [0.1, 0.15) is 0 Å². The van der Waals surface area contributed by atoms with Crippen LogP contribution in [0.15, 0.2) is 12.1 Å². The molecule has 0 N–H and O–H groups in total. The topological polar surface area (TPSA) is 0 Å². The van der Waals surface area contributed by atoms with E-state index >= 15 is 0 Å². The van der Waals surface area contributed by atoms with Gasteiger partial charge < -0.3 is 0 Å². The Kier molecular flexibility index (Phi) is 5.55. The molecular weight excluding hydrogens is 428 g/mol. The molecule has 0 saturated heterocycles. The number of rotatable bonds is 1. The van der Waals surface area contributed by atoms with Gasteiger partial charge in [-0.15, -0.1) is 0 Å². The van der Waals surface area contributed by atoms with Gasteiger partial charge in [0.1, 0.15) is 0 Å². The first-order chi connectivity index (χ1) is 9.25. The van der Waals surface area contributed by atoms with Crippen molar-refractivity contribution in [2.45, 2.75) is 0 Å². The van der Waals surface area contributed by atoms with Crippen LogP contribution in [0.25, 0.3) is 11.1 Å². The van der Waals surface area contributed by atoms with Crippen LogP contribution in [-0.4, -0.2) is 0 Å². The van der Waals surface area contributed by atoms with Crippen molar-refractivity contribution in [2.75, 3.05) is 0 Å². The molecule has 0 spiro atoms. The third-order valence-electron chi connectivity index (χ3n) is 2.49. The first kappa shape index (κ1) is 17.1. The van der Waals surface area contributed by atoms with Crippen LogP contribution in [0.3, 0.4) is 0 Å². The highest BCUT2D eigenvalue weighted by molar-refractivity contribution is 6.57. The van der Waals surface area contributed by atoms with Crippen LogP contribution >= 0.6 is 92.8 Å². The minimum absolute atomic E-state index is 0.0725. The quantitative estimate of drug-likeness (QED) is 0.314. The summed E-state index contributed by atoms with van der Waals surface area (Å²) < 4.78 is 0. The van der Waals surface area contributed by atoms with Crippen LogP contribution in [0.4, 0.5) is 0 Å². The molecule has 0 nitrogen and oxygen atoms in total. The van der Waals surface area contributed by atoms with Gasteiger partial charge in [-0.3, -0.25) is 0 Å². The number of hydrogen-bond acceptors (Lipinski definition) is 0. The van der Waals surface area contributed by atoms with Gasteiger partial charge in [-0.2, -0.15) is 0 Å². The van der Waals surface area contributed by atoms with E-state index in [1.807, 2.05) is 0 Å². The molecular formula is C12H2Cl8. The van der Waals surface area contributed by atoms with Gasteiger partial charge in [0.2, 0.25) is 0 Å². The van der Waals surface area contributed by atoms with E-state index in [2.05, 4.69) is 0 Å². The Labute approximate surface area is 155 Å². The molecule has 20 heavy (non-hydrogen) atoms. The molecule has 0 aliphatic heterocycles. The average Bonchev–Trinajstić information content (AvgIpc) is 2.40. The number of halogens is 8. The Morgan fingerprint density at radius 1 is 0.450 bits per heavy atom. The molecule has 2 aromatic carbocycles. The monoisotopic (exact) mass is 426 g/mol. The van der Waals surface area contributed by atoms with Crippen LogP contribution in [-0.2, 0) is 0 Å². The molecule has 8 heteroatoms. The van der Waals surface area contributed by atoms with E-state index in [1.54, 1.807) is 0 Å². The maximum Gasteiger partial charge on any atom is 0.0809 e. The van der Waals surface area contributed by atoms with Crippen molar-refractivity contribution in [3.05, 3.63) is 52.3 Å². The Bertz CT molecular complexity index is 678. The lowest BCUT2D eigenvalue weighted by Gasteiger charge is -2.14. The fraction of sp³-hybridized carbons (Fsp3) is 0. The molecule has 0 aliphatic rings. The van der Waals surface area contributed by atoms with Crippen LogP contribution in [0.2, 0.25) is 40.2 Å². The van der Waals surface area contributed by atoms with Gasteiger partial charge in [-0.05, 0) is 12.1 Å². The maximum absolute atomic E-state index is 6.18. The molecule has 0 aliphatic carbocycles. The smallest absolute Gasteiger partial charge is 0.0809 e. The SMILES string of the molecule is Clc1cc(Cl)c(-c2c(Cl)c(Cl)c(Cl)c(Cl)c2Cl)cc1Cl. The minimum atomic E-state index is 0.0725. The summed E-state index contributed by atoms with van der Waals surface area (Å²) in [7, 11) is 0. The summed E-state index contributed by atoms with van der Waals surface area (Å²) in [6.45, 7) is 0. The number of benzene rings is 2. The molecule has 0 fully saturated rings. The van der Waals surface area contributed by atoms with E-state index in [9.17, 15) is 0 Å². The summed E-state index contributed by atoms with van der Waals surface area (Å²) in [4.78, 5) is 0. The lowest BCUT2D eigenvalue weighted by atomic mass is 10.1. The van der Waals surface area contributed by atoms with Crippen molar-refractivity contribution in [1.82, 2.24) is 0 Å². The highest BCUT2D eigenvalue weighted by Crippen LogP contribution is 2.50. The second-order valence-corrected chi connectivity index (χ2v) is 6.80. The zero-order chi connectivity index (χ0) is 15.2. The Hall–Kier alpha value is 0.760. The molecule has 2 aromatic rings. The first-order valence-corrected chi connectivity index (χ1v) is 7.94. The van der Waals surface area contributed by atoms with Gasteiger partial charge >= 0.3 is 0 Å². The molecule has 0 aromatic heterocycles. The van der Waals surface area contributed by atoms with Crippen molar-refractivity contribution < 1.29 is 0 Å². The summed E-state index contributed by atoms with van der Waals surface area (Å²) in [5.74, 6) is 0. The predicted octanol–water partition coefficient (Wildman–Crippen LogP) is 8.58. The standard InChI is InChI=1S/C12H2Cl8/c13-4-2-6(15)5(14)1-3(4)7-8(16)10(18)12(20)11(19)9(7)17/h1-2H. The van der Waals surface area contributed by atoms with Gasteiger partial charge in [0.25, 0.3) is 0 Å². The molecule has 0 saturated carbocycles.